The van der Waals surface area contributed by atoms with Gasteiger partial charge in [-0.15, -0.1) is 0 Å². The van der Waals surface area contributed by atoms with Crippen molar-refractivity contribution in [3.05, 3.63) is 118 Å². The Hall–Kier alpha value is -6.40. The molecule has 1 aromatic heterocycles. The zero-order valence-corrected chi connectivity index (χ0v) is 38.0. The summed E-state index contributed by atoms with van der Waals surface area (Å²) in [7, 11) is 3.51. The third-order valence-electron chi connectivity index (χ3n) is 12.3. The molecular formula is C49H60N8O9. The Balaban J connectivity index is 0.732. The lowest BCUT2D eigenvalue weighted by Gasteiger charge is -2.53. The van der Waals surface area contributed by atoms with Gasteiger partial charge in [-0.25, -0.2) is 4.79 Å². The molecule has 4 aromatic rings. The summed E-state index contributed by atoms with van der Waals surface area (Å²) >= 11 is 0. The second kappa shape index (κ2) is 22.2. The van der Waals surface area contributed by atoms with Gasteiger partial charge < -0.3 is 39.6 Å². The number of ether oxygens (including phenoxy) is 3. The standard InChI is InChI=1S/C49H60N8O9/c1-34-5-10-38(31-41(34)57-22-17-43(58)53-48(57)63)45(60)50-21-26-65-28-30-66-29-27-64-25-18-44(59)52-39-13-8-35(9-14-39)32-51-46(61)40-15-16-42-49(19-4-20-49)55(23-24-56(40)42)33-36-6-11-37(12-7-36)47(62)54(2)3/h5-16,31H,4,17-30,32-33H2,1-3H3,(H,50,60)(H,51,61)(H,52,59)(H,53,58,63). The zero-order valence-electron chi connectivity index (χ0n) is 38.0. The summed E-state index contributed by atoms with van der Waals surface area (Å²) < 4.78 is 18.8. The fourth-order valence-electron chi connectivity index (χ4n) is 8.54. The third kappa shape index (κ3) is 11.7. The van der Waals surface area contributed by atoms with Crippen LogP contribution >= 0.6 is 0 Å². The largest absolute Gasteiger partial charge is 0.379 e. The van der Waals surface area contributed by atoms with Crippen LogP contribution in [0, 0.1) is 6.92 Å². The van der Waals surface area contributed by atoms with Gasteiger partial charge in [0.15, 0.2) is 0 Å². The molecule has 2 aliphatic heterocycles. The van der Waals surface area contributed by atoms with Crippen LogP contribution < -0.4 is 26.2 Å². The maximum absolute atomic E-state index is 13.5. The smallest absolute Gasteiger partial charge is 0.328 e. The van der Waals surface area contributed by atoms with E-state index in [4.69, 9.17) is 14.2 Å². The predicted octanol–water partition coefficient (Wildman–Crippen LogP) is 4.58. The Morgan fingerprint density at radius 3 is 2.11 bits per heavy atom. The van der Waals surface area contributed by atoms with Crippen LogP contribution in [-0.4, -0.2) is 123 Å². The summed E-state index contributed by atoms with van der Waals surface area (Å²) in [5.74, 6) is -0.929. The Kier molecular flexibility index (Phi) is 16.0. The van der Waals surface area contributed by atoms with Gasteiger partial charge in [0, 0.05) is 88.0 Å². The second-order valence-electron chi connectivity index (χ2n) is 17.0. The zero-order chi connectivity index (χ0) is 46.6. The molecule has 7 amide bonds. The van der Waals surface area contributed by atoms with Crippen molar-refractivity contribution in [2.75, 3.05) is 83.6 Å². The number of benzene rings is 3. The molecule has 0 radical (unpaired) electrons. The van der Waals surface area contributed by atoms with Gasteiger partial charge in [-0.3, -0.25) is 39.1 Å². The van der Waals surface area contributed by atoms with Crippen LogP contribution in [0.3, 0.4) is 0 Å². The van der Waals surface area contributed by atoms with Gasteiger partial charge in [-0.2, -0.15) is 0 Å². The van der Waals surface area contributed by atoms with Gasteiger partial charge in [0.25, 0.3) is 17.7 Å². The number of nitrogens with zero attached hydrogens (tertiary/aromatic N) is 4. The number of hydrogen-bond donors (Lipinski definition) is 4. The number of nitrogens with one attached hydrogen (secondary N) is 4. The first kappa shape index (κ1) is 47.6. The molecule has 350 valence electrons. The molecule has 3 aromatic carbocycles. The van der Waals surface area contributed by atoms with E-state index < -0.39 is 6.03 Å². The van der Waals surface area contributed by atoms with Crippen LogP contribution in [0.4, 0.5) is 16.2 Å². The minimum Gasteiger partial charge on any atom is -0.379 e. The molecule has 2 fully saturated rings. The molecule has 1 spiro atoms. The van der Waals surface area contributed by atoms with Crippen LogP contribution in [0.2, 0.25) is 0 Å². The van der Waals surface area contributed by atoms with Crippen molar-refractivity contribution in [3.63, 3.8) is 0 Å². The first-order valence-corrected chi connectivity index (χ1v) is 22.6. The van der Waals surface area contributed by atoms with Crippen LogP contribution in [-0.2, 0) is 49.0 Å². The third-order valence-corrected chi connectivity index (χ3v) is 12.3. The topological polar surface area (TPSA) is 193 Å². The Bertz CT molecular complexity index is 2380. The molecule has 1 aliphatic carbocycles. The van der Waals surface area contributed by atoms with Gasteiger partial charge in [-0.05, 0) is 91.4 Å². The number of urea groups is 1. The van der Waals surface area contributed by atoms with Gasteiger partial charge in [0.05, 0.1) is 51.6 Å². The Morgan fingerprint density at radius 1 is 0.742 bits per heavy atom. The molecule has 0 bridgehead atoms. The van der Waals surface area contributed by atoms with Crippen LogP contribution in [0.25, 0.3) is 0 Å². The predicted molar refractivity (Wildman–Crippen MR) is 247 cm³/mol. The van der Waals surface area contributed by atoms with Gasteiger partial charge in [-0.1, -0.05) is 30.3 Å². The van der Waals surface area contributed by atoms with Crippen molar-refractivity contribution < 1.29 is 43.0 Å². The van der Waals surface area contributed by atoms with Gasteiger partial charge in [0.2, 0.25) is 11.8 Å². The number of carbonyl (C=O) groups is 6. The summed E-state index contributed by atoms with van der Waals surface area (Å²) in [6.07, 6.45) is 3.60. The van der Waals surface area contributed by atoms with Gasteiger partial charge >= 0.3 is 6.03 Å². The number of fused-ring (bicyclic) bond motifs is 2. The molecule has 17 heteroatoms. The summed E-state index contributed by atoms with van der Waals surface area (Å²) in [5.41, 5.74) is 6.94. The minimum absolute atomic E-state index is 0.00939. The van der Waals surface area contributed by atoms with Crippen molar-refractivity contribution in [1.29, 1.82) is 0 Å². The summed E-state index contributed by atoms with van der Waals surface area (Å²) in [6, 6.07) is 23.9. The lowest BCUT2D eigenvalue weighted by Crippen LogP contribution is -2.56. The lowest BCUT2D eigenvalue weighted by atomic mass is 9.71. The first-order valence-electron chi connectivity index (χ1n) is 22.6. The van der Waals surface area contributed by atoms with Crippen molar-refractivity contribution in [2.45, 2.75) is 64.2 Å². The summed E-state index contributed by atoms with van der Waals surface area (Å²) in [6.45, 7) is 6.90. The van der Waals surface area contributed by atoms with E-state index in [0.29, 0.717) is 67.7 Å². The number of carbonyl (C=O) groups excluding carboxylic acids is 6. The quantitative estimate of drug-likeness (QED) is 0.0862. The molecule has 7 rings (SSSR count). The fourth-order valence-corrected chi connectivity index (χ4v) is 8.54. The van der Waals surface area contributed by atoms with E-state index in [1.807, 2.05) is 61.5 Å². The molecule has 17 nitrogen and oxygen atoms in total. The molecule has 0 unspecified atom stereocenters. The summed E-state index contributed by atoms with van der Waals surface area (Å²) in [4.78, 5) is 80.4. The SMILES string of the molecule is Cc1ccc(C(=O)NCCOCCOCCOCCC(=O)Nc2ccc(CNC(=O)c3ccc4n3CCN(Cc3ccc(C(=O)N(C)C)cc3)C43CCC3)cc2)cc1N1CCC(=O)NC1=O. The number of imide groups is 1. The molecule has 66 heavy (non-hydrogen) atoms. The molecular weight excluding hydrogens is 845 g/mol. The highest BCUT2D eigenvalue weighted by Crippen LogP contribution is 2.49. The number of hydrogen-bond acceptors (Lipinski definition) is 10. The highest BCUT2D eigenvalue weighted by Gasteiger charge is 2.48. The maximum atomic E-state index is 13.5. The van der Waals surface area contributed by atoms with E-state index >= 15 is 0 Å². The molecule has 0 atom stereocenters. The second-order valence-corrected chi connectivity index (χ2v) is 17.0. The number of aromatic nitrogens is 1. The molecule has 1 saturated heterocycles. The van der Waals surface area contributed by atoms with Crippen molar-refractivity contribution in [1.82, 2.24) is 30.3 Å². The van der Waals surface area contributed by atoms with Crippen molar-refractivity contribution in [3.8, 4) is 0 Å². The van der Waals surface area contributed by atoms with Crippen LogP contribution in [0.1, 0.15) is 85.7 Å². The number of anilines is 2. The highest BCUT2D eigenvalue weighted by atomic mass is 16.5. The average Bonchev–Trinajstić information content (AvgIpc) is 3.73. The summed E-state index contributed by atoms with van der Waals surface area (Å²) in [5, 5.41) is 11.1. The number of amides is 7. The maximum Gasteiger partial charge on any atom is 0.328 e. The van der Waals surface area contributed by atoms with Crippen molar-refractivity contribution in [2.24, 2.45) is 0 Å². The van der Waals surface area contributed by atoms with E-state index in [1.54, 1.807) is 37.2 Å². The monoisotopic (exact) mass is 904 g/mol. The molecule has 1 saturated carbocycles. The fraction of sp³-hybridized carbons (Fsp3) is 0.429. The normalized spacial score (nSPS) is 15.4. The van der Waals surface area contributed by atoms with Gasteiger partial charge in [0.1, 0.15) is 5.69 Å². The van der Waals surface area contributed by atoms with E-state index in [-0.39, 0.29) is 74.2 Å². The van der Waals surface area contributed by atoms with Crippen LogP contribution in [0.5, 0.6) is 0 Å². The molecule has 3 aliphatic rings. The van der Waals surface area contributed by atoms with E-state index in [1.165, 1.54) is 10.6 Å². The Labute approximate surface area is 385 Å². The lowest BCUT2D eigenvalue weighted by molar-refractivity contribution is -0.120. The highest BCUT2D eigenvalue weighted by molar-refractivity contribution is 6.06. The van der Waals surface area contributed by atoms with E-state index in [2.05, 4.69) is 36.8 Å². The molecule has 3 heterocycles. The van der Waals surface area contributed by atoms with Crippen molar-refractivity contribution >= 4 is 46.9 Å². The molecule has 4 N–H and O–H groups in total. The van der Waals surface area contributed by atoms with E-state index in [0.717, 1.165) is 49.0 Å². The number of rotatable bonds is 21. The number of aryl methyl sites for hydroxylation is 1. The van der Waals surface area contributed by atoms with E-state index in [9.17, 15) is 28.8 Å². The average molecular weight is 905 g/mol. The van der Waals surface area contributed by atoms with Crippen LogP contribution in [0.15, 0.2) is 78.9 Å². The Morgan fingerprint density at radius 2 is 1.42 bits per heavy atom. The first-order chi connectivity index (χ1) is 31.9. The minimum atomic E-state index is -0.503.